The van der Waals surface area contributed by atoms with E-state index in [2.05, 4.69) is 9.88 Å². The minimum absolute atomic E-state index is 0.238. The average molecular weight is 265 g/mol. The van der Waals surface area contributed by atoms with Gasteiger partial charge in [-0.3, -0.25) is 4.98 Å². The van der Waals surface area contributed by atoms with Crippen molar-refractivity contribution in [3.05, 3.63) is 23.0 Å². The van der Waals surface area contributed by atoms with Gasteiger partial charge in [0.15, 0.2) is 0 Å². The molecule has 5 heteroatoms. The molecule has 0 bridgehead atoms. The molecule has 1 aromatic heterocycles. The third kappa shape index (κ3) is 2.47. The number of thiocarbonyl (C=S) groups is 1. The summed E-state index contributed by atoms with van der Waals surface area (Å²) in [5.74, 6) is 0.345. The van der Waals surface area contributed by atoms with Gasteiger partial charge in [0.05, 0.1) is 11.3 Å². The van der Waals surface area contributed by atoms with E-state index in [-0.39, 0.29) is 6.61 Å². The summed E-state index contributed by atoms with van der Waals surface area (Å²) < 4.78 is 0. The molecule has 3 N–H and O–H groups in total. The number of rotatable bonds is 3. The fraction of sp³-hybridized carbons (Fsp3) is 0.538. The number of aliphatic hydroxyl groups excluding tert-OH is 1. The number of pyridine rings is 1. The number of nitrogens with zero attached hydrogens (tertiary/aromatic N) is 2. The molecule has 0 aliphatic carbocycles. The Morgan fingerprint density at radius 3 is 2.89 bits per heavy atom. The Morgan fingerprint density at radius 2 is 2.33 bits per heavy atom. The predicted octanol–water partition coefficient (Wildman–Crippen LogP) is 1.15. The lowest BCUT2D eigenvalue weighted by Gasteiger charge is -2.23. The fourth-order valence-corrected chi connectivity index (χ4v) is 2.81. The Bertz CT molecular complexity index is 476. The zero-order valence-corrected chi connectivity index (χ0v) is 11.6. The van der Waals surface area contributed by atoms with Crippen molar-refractivity contribution >= 4 is 22.9 Å². The summed E-state index contributed by atoms with van der Waals surface area (Å²) >= 11 is 5.14. The van der Waals surface area contributed by atoms with E-state index < -0.39 is 0 Å². The first-order valence-corrected chi connectivity index (χ1v) is 6.57. The standard InChI is InChI=1S/C13H19N3OS/c1-8-5-11(12(13(14)18)9(2)15-8)16-4-3-10(6-16)7-17/h5,10,17H,3-4,6-7H2,1-2H3,(H2,14,18). The molecule has 1 saturated heterocycles. The van der Waals surface area contributed by atoms with Gasteiger partial charge in [-0.15, -0.1) is 0 Å². The zero-order valence-electron chi connectivity index (χ0n) is 10.8. The third-order valence-electron chi connectivity index (χ3n) is 3.44. The number of anilines is 1. The largest absolute Gasteiger partial charge is 0.396 e. The molecule has 1 aliphatic heterocycles. The van der Waals surface area contributed by atoms with Gasteiger partial charge in [0, 0.05) is 37.0 Å². The van der Waals surface area contributed by atoms with Gasteiger partial charge in [-0.05, 0) is 26.3 Å². The van der Waals surface area contributed by atoms with Crippen LogP contribution < -0.4 is 10.6 Å². The van der Waals surface area contributed by atoms with Crippen LogP contribution in [0.2, 0.25) is 0 Å². The predicted molar refractivity (Wildman–Crippen MR) is 77.0 cm³/mol. The second kappa shape index (κ2) is 5.20. The third-order valence-corrected chi connectivity index (χ3v) is 3.64. The van der Waals surface area contributed by atoms with E-state index in [0.29, 0.717) is 10.9 Å². The summed E-state index contributed by atoms with van der Waals surface area (Å²) in [5.41, 5.74) is 9.59. The van der Waals surface area contributed by atoms with Crippen LogP contribution in [0.1, 0.15) is 23.4 Å². The normalized spacial score (nSPS) is 19.3. The van der Waals surface area contributed by atoms with Crippen LogP contribution in [-0.4, -0.2) is 34.8 Å². The van der Waals surface area contributed by atoms with Crippen molar-refractivity contribution in [2.24, 2.45) is 11.7 Å². The van der Waals surface area contributed by atoms with E-state index >= 15 is 0 Å². The van der Waals surface area contributed by atoms with Crippen molar-refractivity contribution < 1.29 is 5.11 Å². The summed E-state index contributed by atoms with van der Waals surface area (Å²) in [5, 5.41) is 9.23. The van der Waals surface area contributed by atoms with Crippen molar-refractivity contribution in [1.29, 1.82) is 0 Å². The van der Waals surface area contributed by atoms with E-state index in [4.69, 9.17) is 18.0 Å². The van der Waals surface area contributed by atoms with Crippen LogP contribution in [0.3, 0.4) is 0 Å². The molecule has 1 aromatic rings. The van der Waals surface area contributed by atoms with Crippen molar-refractivity contribution in [2.75, 3.05) is 24.6 Å². The molecule has 0 amide bonds. The minimum atomic E-state index is 0.238. The number of aromatic nitrogens is 1. The number of aliphatic hydroxyl groups is 1. The van der Waals surface area contributed by atoms with Gasteiger partial charge >= 0.3 is 0 Å². The maximum Gasteiger partial charge on any atom is 0.107 e. The number of aryl methyl sites for hydroxylation is 2. The van der Waals surface area contributed by atoms with Crippen molar-refractivity contribution in [3.63, 3.8) is 0 Å². The molecule has 0 radical (unpaired) electrons. The van der Waals surface area contributed by atoms with Crippen LogP contribution >= 0.6 is 12.2 Å². The van der Waals surface area contributed by atoms with E-state index in [1.165, 1.54) is 0 Å². The molecule has 1 unspecified atom stereocenters. The Kier molecular flexibility index (Phi) is 3.82. The summed E-state index contributed by atoms with van der Waals surface area (Å²) in [6.07, 6.45) is 1.01. The van der Waals surface area contributed by atoms with Gasteiger partial charge in [0.2, 0.25) is 0 Å². The molecular weight excluding hydrogens is 246 g/mol. The fourth-order valence-electron chi connectivity index (χ4n) is 2.56. The Hall–Kier alpha value is -1.20. The molecule has 0 aromatic carbocycles. The van der Waals surface area contributed by atoms with E-state index in [0.717, 1.165) is 42.1 Å². The Balaban J connectivity index is 2.40. The summed E-state index contributed by atoms with van der Waals surface area (Å²) in [7, 11) is 0. The first kappa shape index (κ1) is 13.2. The monoisotopic (exact) mass is 265 g/mol. The molecule has 2 heterocycles. The molecule has 1 atom stereocenters. The highest BCUT2D eigenvalue weighted by Gasteiger charge is 2.25. The maximum absolute atomic E-state index is 9.23. The van der Waals surface area contributed by atoms with Crippen LogP contribution in [0, 0.1) is 19.8 Å². The molecule has 18 heavy (non-hydrogen) atoms. The first-order valence-electron chi connectivity index (χ1n) is 6.16. The number of hydrogen-bond donors (Lipinski definition) is 2. The van der Waals surface area contributed by atoms with Gasteiger partial charge in [-0.2, -0.15) is 0 Å². The molecule has 1 aliphatic rings. The highest BCUT2D eigenvalue weighted by molar-refractivity contribution is 7.80. The molecule has 98 valence electrons. The average Bonchev–Trinajstić information content (AvgIpc) is 2.75. The zero-order chi connectivity index (χ0) is 13.3. The second-order valence-electron chi connectivity index (χ2n) is 4.89. The topological polar surface area (TPSA) is 62.4 Å². The Morgan fingerprint density at radius 1 is 1.61 bits per heavy atom. The molecule has 2 rings (SSSR count). The van der Waals surface area contributed by atoms with Gasteiger partial charge in [-0.25, -0.2) is 0 Å². The van der Waals surface area contributed by atoms with Crippen LogP contribution in [-0.2, 0) is 0 Å². The minimum Gasteiger partial charge on any atom is -0.396 e. The smallest absolute Gasteiger partial charge is 0.107 e. The van der Waals surface area contributed by atoms with E-state index in [9.17, 15) is 5.11 Å². The van der Waals surface area contributed by atoms with Crippen LogP contribution in [0.25, 0.3) is 0 Å². The SMILES string of the molecule is Cc1cc(N2CCC(CO)C2)c(C(N)=S)c(C)n1. The highest BCUT2D eigenvalue weighted by atomic mass is 32.1. The highest BCUT2D eigenvalue weighted by Crippen LogP contribution is 2.29. The second-order valence-corrected chi connectivity index (χ2v) is 5.33. The van der Waals surface area contributed by atoms with Gasteiger partial charge in [-0.1, -0.05) is 12.2 Å². The maximum atomic E-state index is 9.23. The Labute approximate surface area is 113 Å². The molecule has 0 saturated carbocycles. The quantitative estimate of drug-likeness (QED) is 0.803. The summed E-state index contributed by atoms with van der Waals surface area (Å²) in [6, 6.07) is 2.03. The van der Waals surface area contributed by atoms with Crippen LogP contribution in [0.5, 0.6) is 0 Å². The molecule has 4 nitrogen and oxygen atoms in total. The van der Waals surface area contributed by atoms with Gasteiger partial charge < -0.3 is 15.7 Å². The summed E-state index contributed by atoms with van der Waals surface area (Å²) in [6.45, 7) is 5.94. The van der Waals surface area contributed by atoms with Gasteiger partial charge in [0.25, 0.3) is 0 Å². The van der Waals surface area contributed by atoms with Gasteiger partial charge in [0.1, 0.15) is 4.99 Å². The number of nitrogens with two attached hydrogens (primary N) is 1. The molecule has 1 fully saturated rings. The van der Waals surface area contributed by atoms with Crippen molar-refractivity contribution in [3.8, 4) is 0 Å². The van der Waals surface area contributed by atoms with Crippen LogP contribution in [0.4, 0.5) is 5.69 Å². The van der Waals surface area contributed by atoms with Crippen LogP contribution in [0.15, 0.2) is 6.07 Å². The summed E-state index contributed by atoms with van der Waals surface area (Å²) in [4.78, 5) is 7.06. The van der Waals surface area contributed by atoms with Crippen molar-refractivity contribution in [2.45, 2.75) is 20.3 Å². The first-order chi connectivity index (χ1) is 8.52. The van der Waals surface area contributed by atoms with E-state index in [1.807, 2.05) is 19.9 Å². The van der Waals surface area contributed by atoms with E-state index in [1.54, 1.807) is 0 Å². The lowest BCUT2D eigenvalue weighted by Crippen LogP contribution is -2.25. The lowest BCUT2D eigenvalue weighted by molar-refractivity contribution is 0.238. The number of hydrogen-bond acceptors (Lipinski definition) is 4. The lowest BCUT2D eigenvalue weighted by atomic mass is 10.1. The molecular formula is C13H19N3OS. The molecule has 0 spiro atoms. The van der Waals surface area contributed by atoms with Crippen molar-refractivity contribution in [1.82, 2.24) is 4.98 Å².